The maximum atomic E-state index is 13.0. The summed E-state index contributed by atoms with van der Waals surface area (Å²) in [6, 6.07) is 5.17. The third kappa shape index (κ3) is 5.17. The smallest absolute Gasteiger partial charge is 0.414 e. The van der Waals surface area contributed by atoms with Crippen molar-refractivity contribution in [2.75, 3.05) is 18.0 Å². The molecule has 2 heterocycles. The Morgan fingerprint density at radius 3 is 2.65 bits per heavy atom. The van der Waals surface area contributed by atoms with Crippen molar-refractivity contribution < 1.29 is 17.9 Å². The van der Waals surface area contributed by atoms with E-state index in [2.05, 4.69) is 6.58 Å². The molecule has 3 rings (SSSR count). The summed E-state index contributed by atoms with van der Waals surface area (Å²) >= 11 is 12.2. The van der Waals surface area contributed by atoms with Crippen LogP contribution < -0.4 is 4.90 Å². The first-order valence-electron chi connectivity index (χ1n) is 10.1. The number of ether oxygens (including phenoxy) is 1. The van der Waals surface area contributed by atoms with Crippen molar-refractivity contribution >= 4 is 45.0 Å². The number of amides is 1. The highest BCUT2D eigenvalue weighted by Gasteiger charge is 2.37. The van der Waals surface area contributed by atoms with Crippen molar-refractivity contribution in [2.24, 2.45) is 0 Å². The summed E-state index contributed by atoms with van der Waals surface area (Å²) in [4.78, 5) is 14.1. The monoisotopic (exact) mass is 484 g/mol. The zero-order chi connectivity index (χ0) is 22.8. The molecule has 1 aromatic carbocycles. The molecule has 0 aliphatic carbocycles. The fraction of sp³-hybridized carbons (Fsp3) is 0.409. The molecule has 1 aromatic rings. The number of carbonyl (C=O) groups excluding carboxylic acids is 1. The number of fused-ring (bicyclic) bond motifs is 1. The fourth-order valence-electron chi connectivity index (χ4n) is 3.79. The number of rotatable bonds is 6. The van der Waals surface area contributed by atoms with Gasteiger partial charge in [0.15, 0.2) is 0 Å². The van der Waals surface area contributed by atoms with Gasteiger partial charge in [0.25, 0.3) is 0 Å². The molecule has 1 fully saturated rings. The van der Waals surface area contributed by atoms with Crippen molar-refractivity contribution in [1.29, 1.82) is 0 Å². The highest BCUT2D eigenvalue weighted by atomic mass is 35.5. The van der Waals surface area contributed by atoms with Crippen LogP contribution in [0.1, 0.15) is 38.7 Å². The van der Waals surface area contributed by atoms with E-state index in [4.69, 9.17) is 27.9 Å². The summed E-state index contributed by atoms with van der Waals surface area (Å²) in [7, 11) is -3.71. The molecule has 0 spiro atoms. The first kappa shape index (κ1) is 23.9. The quantitative estimate of drug-likeness (QED) is 0.493. The van der Waals surface area contributed by atoms with Crippen LogP contribution in [-0.4, -0.2) is 37.9 Å². The van der Waals surface area contributed by atoms with E-state index < -0.39 is 16.1 Å². The van der Waals surface area contributed by atoms with E-state index in [0.717, 1.165) is 17.7 Å². The Balaban J connectivity index is 1.72. The van der Waals surface area contributed by atoms with Gasteiger partial charge in [-0.05, 0) is 56.0 Å². The van der Waals surface area contributed by atoms with E-state index in [-0.39, 0.29) is 30.6 Å². The molecular weight excluding hydrogens is 459 g/mol. The number of hydrogen-bond donors (Lipinski definition) is 0. The number of sulfonamides is 1. The predicted octanol–water partition coefficient (Wildman–Crippen LogP) is 5.58. The number of carbonyl (C=O) groups is 1. The van der Waals surface area contributed by atoms with Gasteiger partial charge in [0, 0.05) is 34.7 Å². The average Bonchev–Trinajstić information content (AvgIpc) is 2.74. The Hall–Kier alpha value is -1.80. The molecule has 0 unspecified atom stereocenters. The Kier molecular flexibility index (Phi) is 7.52. The molecule has 0 aromatic heterocycles. The number of hydrogen-bond acceptors (Lipinski definition) is 4. The second-order valence-electron chi connectivity index (χ2n) is 7.59. The van der Waals surface area contributed by atoms with E-state index in [1.165, 1.54) is 10.4 Å². The van der Waals surface area contributed by atoms with Crippen LogP contribution in [0.4, 0.5) is 10.5 Å². The summed E-state index contributed by atoms with van der Waals surface area (Å²) in [5.74, 6) is 0. The maximum Gasteiger partial charge on any atom is 0.414 e. The van der Waals surface area contributed by atoms with Gasteiger partial charge in [-0.1, -0.05) is 42.8 Å². The fourth-order valence-corrected chi connectivity index (χ4v) is 5.54. The summed E-state index contributed by atoms with van der Waals surface area (Å²) in [5.41, 5.74) is 2.26. The molecule has 0 atom stereocenters. The summed E-state index contributed by atoms with van der Waals surface area (Å²) in [6.45, 7) is 8.21. The van der Waals surface area contributed by atoms with Crippen LogP contribution in [0.5, 0.6) is 0 Å². The molecule has 0 bridgehead atoms. The third-order valence-corrected chi connectivity index (χ3v) is 7.96. The minimum atomic E-state index is -3.71. The van der Waals surface area contributed by atoms with Crippen LogP contribution in [0.15, 0.2) is 52.4 Å². The van der Waals surface area contributed by atoms with Crippen LogP contribution in [0.3, 0.4) is 0 Å². The summed E-state index contributed by atoms with van der Waals surface area (Å²) in [5, 5.41) is 1.09. The topological polar surface area (TPSA) is 66.9 Å². The maximum absolute atomic E-state index is 13.0. The molecule has 2 aliphatic heterocycles. The number of nitrogens with zero attached hydrogens (tertiary/aromatic N) is 2. The number of benzene rings is 1. The van der Waals surface area contributed by atoms with Crippen molar-refractivity contribution in [3.8, 4) is 0 Å². The van der Waals surface area contributed by atoms with E-state index in [1.807, 2.05) is 19.1 Å². The normalized spacial score (nSPS) is 19.2. The molecular formula is C22H26Cl2N2O4S. The lowest BCUT2D eigenvalue weighted by Crippen LogP contribution is -2.50. The molecule has 0 saturated carbocycles. The zero-order valence-electron chi connectivity index (χ0n) is 17.6. The van der Waals surface area contributed by atoms with Gasteiger partial charge in [0.2, 0.25) is 10.0 Å². The van der Waals surface area contributed by atoms with Crippen molar-refractivity contribution in [3.63, 3.8) is 0 Å². The SMILES string of the molecule is C=C(/C=C(C)\C(Cl)=C/CC)S(=O)(=O)N1CCC(N2C(=O)OCc3cc(Cl)ccc32)CC1. The predicted molar refractivity (Wildman–Crippen MR) is 125 cm³/mol. The van der Waals surface area contributed by atoms with Gasteiger partial charge in [-0.15, -0.1) is 0 Å². The van der Waals surface area contributed by atoms with E-state index in [1.54, 1.807) is 24.0 Å². The lowest BCUT2D eigenvalue weighted by molar-refractivity contribution is 0.136. The minimum Gasteiger partial charge on any atom is -0.444 e. The van der Waals surface area contributed by atoms with Gasteiger partial charge >= 0.3 is 6.09 Å². The first-order valence-corrected chi connectivity index (χ1v) is 12.3. The summed E-state index contributed by atoms with van der Waals surface area (Å²) < 4.78 is 32.7. The van der Waals surface area contributed by atoms with Gasteiger partial charge in [0.05, 0.1) is 10.6 Å². The zero-order valence-corrected chi connectivity index (χ0v) is 19.9. The highest BCUT2D eigenvalue weighted by molar-refractivity contribution is 7.93. The molecule has 1 amide bonds. The van der Waals surface area contributed by atoms with Crippen LogP contribution in [-0.2, 0) is 21.4 Å². The minimum absolute atomic E-state index is 0.00322. The number of allylic oxidation sites excluding steroid dienone is 4. The van der Waals surface area contributed by atoms with Crippen LogP contribution in [0.25, 0.3) is 0 Å². The number of anilines is 1. The largest absolute Gasteiger partial charge is 0.444 e. The molecule has 9 heteroatoms. The van der Waals surface area contributed by atoms with Crippen molar-refractivity contribution in [1.82, 2.24) is 4.31 Å². The van der Waals surface area contributed by atoms with Crippen LogP contribution >= 0.6 is 23.2 Å². The Bertz CT molecular complexity index is 1040. The molecule has 168 valence electrons. The second kappa shape index (κ2) is 9.77. The highest BCUT2D eigenvalue weighted by Crippen LogP contribution is 2.34. The Morgan fingerprint density at radius 2 is 2.00 bits per heavy atom. The van der Waals surface area contributed by atoms with E-state index in [9.17, 15) is 13.2 Å². The van der Waals surface area contributed by atoms with E-state index in [0.29, 0.717) is 28.5 Å². The Morgan fingerprint density at radius 1 is 1.32 bits per heavy atom. The molecule has 6 nitrogen and oxygen atoms in total. The number of piperidine rings is 1. The van der Waals surface area contributed by atoms with E-state index >= 15 is 0 Å². The van der Waals surface area contributed by atoms with Gasteiger partial charge in [-0.2, -0.15) is 4.31 Å². The lowest BCUT2D eigenvalue weighted by atomic mass is 10.0. The standard InChI is InChI=1S/C22H26Cl2N2O4S/c1-4-5-20(24)15(2)12-16(3)31(28,29)25-10-8-19(9-11-25)26-21-7-6-18(23)13-17(21)14-30-22(26)27/h5-7,12-13,19H,3-4,8-11,14H2,1-2H3/b15-12-,20-5+. The third-order valence-electron chi connectivity index (χ3n) is 5.45. The molecule has 2 aliphatic rings. The van der Waals surface area contributed by atoms with Gasteiger partial charge < -0.3 is 4.74 Å². The average molecular weight is 485 g/mol. The van der Waals surface area contributed by atoms with Gasteiger partial charge in [0.1, 0.15) is 6.61 Å². The lowest BCUT2D eigenvalue weighted by Gasteiger charge is -2.39. The Labute approximate surface area is 193 Å². The first-order chi connectivity index (χ1) is 14.6. The number of cyclic esters (lactones) is 1. The van der Waals surface area contributed by atoms with Crippen molar-refractivity contribution in [3.05, 3.63) is 63.0 Å². The molecule has 0 radical (unpaired) electrons. The van der Waals surface area contributed by atoms with Crippen LogP contribution in [0, 0.1) is 0 Å². The van der Waals surface area contributed by atoms with Crippen LogP contribution in [0.2, 0.25) is 5.02 Å². The van der Waals surface area contributed by atoms with Gasteiger partial charge in [-0.25, -0.2) is 13.2 Å². The molecule has 1 saturated heterocycles. The second-order valence-corrected chi connectivity index (χ2v) is 10.4. The molecule has 0 N–H and O–H groups in total. The summed E-state index contributed by atoms with van der Waals surface area (Å²) in [6.07, 6.45) is 4.63. The van der Waals surface area contributed by atoms with Crippen molar-refractivity contribution in [2.45, 2.75) is 45.8 Å². The number of halogens is 2. The molecule has 31 heavy (non-hydrogen) atoms. The van der Waals surface area contributed by atoms with Gasteiger partial charge in [-0.3, -0.25) is 4.90 Å².